The van der Waals surface area contributed by atoms with Crippen LogP contribution in [0.1, 0.15) is 21.6 Å². The molecule has 0 amide bonds. The van der Waals surface area contributed by atoms with Crippen LogP contribution in [0.2, 0.25) is 10.0 Å². The summed E-state index contributed by atoms with van der Waals surface area (Å²) >= 11 is 12.0. The third-order valence-corrected chi connectivity index (χ3v) is 6.81. The molecular weight excluding hydrogens is 497 g/mol. The van der Waals surface area contributed by atoms with E-state index in [0.29, 0.717) is 10.6 Å². The molecule has 2 aromatic carbocycles. The van der Waals surface area contributed by atoms with Crippen LogP contribution in [0.25, 0.3) is 0 Å². The molecule has 0 bridgehead atoms. The Bertz CT molecular complexity index is 1420. The summed E-state index contributed by atoms with van der Waals surface area (Å²) in [5.74, 6) is -0.710. The molecule has 2 N–H and O–H groups in total. The maximum Gasteiger partial charge on any atom is 0.261 e. The Kier molecular flexibility index (Phi) is 6.80. The van der Waals surface area contributed by atoms with Gasteiger partial charge in [0.2, 0.25) is 15.8 Å². The van der Waals surface area contributed by atoms with E-state index in [9.17, 15) is 21.6 Å². The summed E-state index contributed by atoms with van der Waals surface area (Å²) in [6, 6.07) is 11.3. The summed E-state index contributed by atoms with van der Waals surface area (Å²) in [7, 11) is -7.79. The summed E-state index contributed by atoms with van der Waals surface area (Å²) < 4.78 is 53.7. The van der Waals surface area contributed by atoms with Crippen LogP contribution in [0.3, 0.4) is 0 Å². The second-order valence-corrected chi connectivity index (χ2v) is 11.1. The molecule has 0 aliphatic heterocycles. The Balaban J connectivity index is 2.06. The third kappa shape index (κ3) is 5.57. The van der Waals surface area contributed by atoms with Crippen LogP contribution in [0.5, 0.6) is 0 Å². The van der Waals surface area contributed by atoms with Crippen LogP contribution < -0.4 is 9.44 Å². The van der Waals surface area contributed by atoms with Crippen molar-refractivity contribution in [3.05, 3.63) is 81.6 Å². The number of halogens is 2. The van der Waals surface area contributed by atoms with Crippen LogP contribution in [0.4, 0.5) is 11.4 Å². The monoisotopic (exact) mass is 513 g/mol. The zero-order valence-electron chi connectivity index (χ0n) is 16.8. The zero-order chi connectivity index (χ0) is 23.7. The number of hydrogen-bond acceptors (Lipinski definition) is 6. The first-order valence-corrected chi connectivity index (χ1v) is 13.1. The molecule has 0 radical (unpaired) electrons. The summed E-state index contributed by atoms with van der Waals surface area (Å²) in [6.07, 6.45) is 2.13. The molecule has 3 aromatic rings. The molecular formula is C20H17Cl2N3O5S2. The summed E-state index contributed by atoms with van der Waals surface area (Å²) in [5.41, 5.74) is 0.140. The number of aryl methyl sites for hydroxylation is 1. The third-order valence-electron chi connectivity index (χ3n) is 4.22. The number of hydrogen-bond donors (Lipinski definition) is 2. The minimum absolute atomic E-state index is 0.0180. The number of sulfonamides is 2. The zero-order valence-corrected chi connectivity index (χ0v) is 19.9. The van der Waals surface area contributed by atoms with E-state index < -0.39 is 25.8 Å². The molecule has 0 fully saturated rings. The smallest absolute Gasteiger partial charge is 0.261 e. The van der Waals surface area contributed by atoms with Crippen molar-refractivity contribution < 1.29 is 21.6 Å². The lowest BCUT2D eigenvalue weighted by Crippen LogP contribution is -2.18. The standard InChI is InChI=1S/C20H17Cl2N3O5S2/c1-12-9-14(7-8-16(12)22)32(29,30)25-18-10-13(21)11-23-19(18)20(26)15-5-3-4-6-17(15)24-31(2,27)28/h3-11,24-25H,1-2H3. The number of nitrogens with one attached hydrogen (secondary N) is 2. The van der Waals surface area contributed by atoms with Gasteiger partial charge in [-0.1, -0.05) is 35.3 Å². The Hall–Kier alpha value is -2.66. The van der Waals surface area contributed by atoms with E-state index in [1.165, 1.54) is 48.7 Å². The van der Waals surface area contributed by atoms with E-state index in [1.54, 1.807) is 13.0 Å². The number of para-hydroxylation sites is 1. The molecule has 1 aromatic heterocycles. The molecule has 32 heavy (non-hydrogen) atoms. The first kappa shape index (κ1) is 24.0. The molecule has 0 unspecified atom stereocenters. The number of pyridine rings is 1. The number of benzene rings is 2. The second kappa shape index (κ2) is 9.07. The van der Waals surface area contributed by atoms with E-state index in [4.69, 9.17) is 23.2 Å². The maximum absolute atomic E-state index is 13.2. The van der Waals surface area contributed by atoms with Crippen LogP contribution in [-0.2, 0) is 20.0 Å². The van der Waals surface area contributed by atoms with Gasteiger partial charge in [-0.2, -0.15) is 0 Å². The summed E-state index contributed by atoms with van der Waals surface area (Å²) in [6.45, 7) is 1.66. The van der Waals surface area contributed by atoms with E-state index in [1.807, 2.05) is 0 Å². The van der Waals surface area contributed by atoms with E-state index in [-0.39, 0.29) is 32.6 Å². The topological polar surface area (TPSA) is 122 Å². The fourth-order valence-electron chi connectivity index (χ4n) is 2.78. The first-order valence-electron chi connectivity index (χ1n) is 8.93. The van der Waals surface area contributed by atoms with E-state index >= 15 is 0 Å². The lowest BCUT2D eigenvalue weighted by Gasteiger charge is -2.14. The average molecular weight is 514 g/mol. The van der Waals surface area contributed by atoms with Gasteiger partial charge >= 0.3 is 0 Å². The lowest BCUT2D eigenvalue weighted by atomic mass is 10.0. The van der Waals surface area contributed by atoms with Crippen molar-refractivity contribution in [2.45, 2.75) is 11.8 Å². The number of rotatable bonds is 7. The molecule has 0 spiro atoms. The minimum Gasteiger partial charge on any atom is -0.287 e. The highest BCUT2D eigenvalue weighted by atomic mass is 35.5. The maximum atomic E-state index is 13.2. The van der Waals surface area contributed by atoms with Gasteiger partial charge in [-0.3, -0.25) is 14.2 Å². The van der Waals surface area contributed by atoms with Crippen molar-refractivity contribution >= 4 is 60.4 Å². The van der Waals surface area contributed by atoms with Crippen LogP contribution in [0, 0.1) is 6.92 Å². The number of aromatic nitrogens is 1. The highest BCUT2D eigenvalue weighted by Crippen LogP contribution is 2.28. The van der Waals surface area contributed by atoms with Gasteiger partial charge in [-0.05, 0) is 48.9 Å². The van der Waals surface area contributed by atoms with Crippen molar-refractivity contribution in [1.82, 2.24) is 4.98 Å². The number of carbonyl (C=O) groups is 1. The largest absolute Gasteiger partial charge is 0.287 e. The number of ketones is 1. The molecule has 0 aliphatic carbocycles. The van der Waals surface area contributed by atoms with Gasteiger partial charge < -0.3 is 0 Å². The molecule has 3 rings (SSSR count). The van der Waals surface area contributed by atoms with Gasteiger partial charge in [0.25, 0.3) is 10.0 Å². The molecule has 0 aliphatic rings. The van der Waals surface area contributed by atoms with Crippen LogP contribution in [-0.4, -0.2) is 33.9 Å². The molecule has 1 heterocycles. The van der Waals surface area contributed by atoms with Gasteiger partial charge in [-0.25, -0.2) is 21.8 Å². The van der Waals surface area contributed by atoms with Gasteiger partial charge in [0, 0.05) is 16.8 Å². The van der Waals surface area contributed by atoms with Crippen molar-refractivity contribution in [3.8, 4) is 0 Å². The van der Waals surface area contributed by atoms with Crippen molar-refractivity contribution in [1.29, 1.82) is 0 Å². The van der Waals surface area contributed by atoms with Crippen LogP contribution >= 0.6 is 23.2 Å². The normalized spacial score (nSPS) is 11.8. The first-order chi connectivity index (χ1) is 14.9. The van der Waals surface area contributed by atoms with E-state index in [0.717, 1.165) is 6.26 Å². The highest BCUT2D eigenvalue weighted by Gasteiger charge is 2.24. The van der Waals surface area contributed by atoms with Gasteiger partial charge in [0.05, 0.1) is 27.5 Å². The number of carbonyl (C=O) groups excluding carboxylic acids is 1. The van der Waals surface area contributed by atoms with Gasteiger partial charge in [0.1, 0.15) is 5.69 Å². The molecule has 0 saturated heterocycles. The van der Waals surface area contributed by atoms with Gasteiger partial charge in [-0.15, -0.1) is 0 Å². The summed E-state index contributed by atoms with van der Waals surface area (Å²) in [4.78, 5) is 17.1. The second-order valence-electron chi connectivity index (χ2n) is 6.82. The fraction of sp³-hybridized carbons (Fsp3) is 0.100. The molecule has 0 atom stereocenters. The lowest BCUT2D eigenvalue weighted by molar-refractivity contribution is 0.103. The van der Waals surface area contributed by atoms with Crippen molar-refractivity contribution in [3.63, 3.8) is 0 Å². The summed E-state index contributed by atoms with van der Waals surface area (Å²) in [5, 5.41) is 0.494. The molecule has 0 saturated carbocycles. The van der Waals surface area contributed by atoms with Gasteiger partial charge in [0.15, 0.2) is 0 Å². The molecule has 8 nitrogen and oxygen atoms in total. The molecule has 12 heteroatoms. The predicted octanol–water partition coefficient (Wildman–Crippen LogP) is 4.10. The number of anilines is 2. The Morgan fingerprint density at radius 2 is 1.62 bits per heavy atom. The molecule has 168 valence electrons. The van der Waals surface area contributed by atoms with Crippen LogP contribution in [0.15, 0.2) is 59.6 Å². The number of nitrogens with zero attached hydrogens (tertiary/aromatic N) is 1. The SMILES string of the molecule is Cc1cc(S(=O)(=O)Nc2cc(Cl)cnc2C(=O)c2ccccc2NS(C)(=O)=O)ccc1Cl. The Labute approximate surface area is 195 Å². The fourth-order valence-corrected chi connectivity index (χ4v) is 4.78. The van der Waals surface area contributed by atoms with E-state index in [2.05, 4.69) is 14.4 Å². The van der Waals surface area contributed by atoms with Crippen molar-refractivity contribution in [2.24, 2.45) is 0 Å². The Morgan fingerprint density at radius 3 is 2.28 bits per heavy atom. The van der Waals surface area contributed by atoms with Crippen molar-refractivity contribution in [2.75, 3.05) is 15.7 Å². The minimum atomic E-state index is -4.12. The predicted molar refractivity (Wildman–Crippen MR) is 125 cm³/mol. The highest BCUT2D eigenvalue weighted by molar-refractivity contribution is 7.92. The Morgan fingerprint density at radius 1 is 0.938 bits per heavy atom. The average Bonchev–Trinajstić information content (AvgIpc) is 2.68. The quantitative estimate of drug-likeness (QED) is 0.458.